The third-order valence-corrected chi connectivity index (χ3v) is 4.16. The number of nitrogens with one attached hydrogen (secondary N) is 2. The summed E-state index contributed by atoms with van der Waals surface area (Å²) in [5.41, 5.74) is 3.62. The van der Waals surface area contributed by atoms with E-state index in [1.165, 1.54) is 17.2 Å². The Morgan fingerprint density at radius 1 is 1.24 bits per heavy atom. The quantitative estimate of drug-likeness (QED) is 0.894. The third-order valence-electron chi connectivity index (χ3n) is 3.55. The molecular formula is C16H14BrFN2O. The van der Waals surface area contributed by atoms with E-state index in [0.29, 0.717) is 11.0 Å². The second-order valence-corrected chi connectivity index (χ2v) is 5.85. The molecule has 21 heavy (non-hydrogen) atoms. The molecule has 0 bridgehead atoms. The summed E-state index contributed by atoms with van der Waals surface area (Å²) in [6, 6.07) is 10.8. The first-order valence-corrected chi connectivity index (χ1v) is 7.48. The van der Waals surface area contributed by atoms with Crippen LogP contribution in [0.3, 0.4) is 0 Å². The number of fused-ring (bicyclic) bond motifs is 1. The average Bonchev–Trinajstić information content (AvgIpc) is 2.95. The van der Waals surface area contributed by atoms with Crippen LogP contribution in [0.1, 0.15) is 27.0 Å². The van der Waals surface area contributed by atoms with Crippen molar-refractivity contribution in [2.75, 3.05) is 0 Å². The average molecular weight is 349 g/mol. The normalized spacial score (nSPS) is 13.0. The molecule has 0 radical (unpaired) electrons. The van der Waals surface area contributed by atoms with Crippen molar-refractivity contribution in [1.29, 1.82) is 0 Å². The van der Waals surface area contributed by atoms with Crippen LogP contribution in [0.25, 0.3) is 0 Å². The summed E-state index contributed by atoms with van der Waals surface area (Å²) in [4.78, 5) is 12.0. The molecule has 0 saturated heterocycles. The molecular weight excluding hydrogens is 335 g/mol. The molecule has 1 aliphatic heterocycles. The van der Waals surface area contributed by atoms with Crippen molar-refractivity contribution in [1.82, 2.24) is 10.6 Å². The summed E-state index contributed by atoms with van der Waals surface area (Å²) in [6.45, 7) is 2.14. The van der Waals surface area contributed by atoms with Gasteiger partial charge in [-0.05, 0) is 44.8 Å². The van der Waals surface area contributed by atoms with E-state index in [-0.39, 0.29) is 5.56 Å². The third kappa shape index (κ3) is 2.99. The Labute approximate surface area is 130 Å². The molecule has 3 nitrogen and oxygen atoms in total. The van der Waals surface area contributed by atoms with Crippen LogP contribution in [-0.2, 0) is 19.6 Å². The lowest BCUT2D eigenvalue weighted by Gasteiger charge is -2.08. The number of halogens is 2. The Kier molecular flexibility index (Phi) is 4.03. The number of hydrogen-bond donors (Lipinski definition) is 2. The first kappa shape index (κ1) is 14.2. The minimum atomic E-state index is -0.534. The van der Waals surface area contributed by atoms with Crippen molar-refractivity contribution in [2.45, 2.75) is 19.6 Å². The fraction of sp³-hybridized carbons (Fsp3) is 0.188. The predicted octanol–water partition coefficient (Wildman–Crippen LogP) is 3.12. The molecule has 2 aromatic rings. The fourth-order valence-electron chi connectivity index (χ4n) is 2.41. The van der Waals surface area contributed by atoms with Gasteiger partial charge in [-0.1, -0.05) is 24.3 Å². The number of rotatable bonds is 3. The van der Waals surface area contributed by atoms with Gasteiger partial charge < -0.3 is 10.6 Å². The molecule has 1 aliphatic rings. The second-order valence-electron chi connectivity index (χ2n) is 4.99. The summed E-state index contributed by atoms with van der Waals surface area (Å²) in [5.74, 6) is -0.944. The van der Waals surface area contributed by atoms with Gasteiger partial charge in [-0.15, -0.1) is 0 Å². The molecule has 0 atom stereocenters. The molecule has 0 saturated carbocycles. The molecule has 1 heterocycles. The Bertz CT molecular complexity index is 703. The van der Waals surface area contributed by atoms with Crippen LogP contribution >= 0.6 is 15.9 Å². The molecule has 2 N–H and O–H groups in total. The summed E-state index contributed by atoms with van der Waals surface area (Å²) >= 11 is 3.08. The molecule has 0 unspecified atom stereocenters. The van der Waals surface area contributed by atoms with Gasteiger partial charge in [0.15, 0.2) is 0 Å². The largest absolute Gasteiger partial charge is 0.348 e. The van der Waals surface area contributed by atoms with Gasteiger partial charge >= 0.3 is 0 Å². The SMILES string of the molecule is O=C(NCc1ccc2c(c1)CNC2)c1cccc(Br)c1F. The first-order chi connectivity index (χ1) is 10.1. The van der Waals surface area contributed by atoms with Crippen molar-refractivity contribution in [2.24, 2.45) is 0 Å². The van der Waals surface area contributed by atoms with Gasteiger partial charge in [-0.3, -0.25) is 4.79 Å². The van der Waals surface area contributed by atoms with Crippen LogP contribution in [0.2, 0.25) is 0 Å². The maximum atomic E-state index is 13.8. The van der Waals surface area contributed by atoms with E-state index in [9.17, 15) is 9.18 Å². The van der Waals surface area contributed by atoms with E-state index in [4.69, 9.17) is 0 Å². The second kappa shape index (κ2) is 5.95. The van der Waals surface area contributed by atoms with Gasteiger partial charge in [0.05, 0.1) is 10.0 Å². The summed E-state index contributed by atoms with van der Waals surface area (Å²) in [7, 11) is 0. The number of amides is 1. The highest BCUT2D eigenvalue weighted by molar-refractivity contribution is 9.10. The highest BCUT2D eigenvalue weighted by Gasteiger charge is 2.14. The number of carbonyl (C=O) groups is 1. The Morgan fingerprint density at radius 3 is 2.90 bits per heavy atom. The fourth-order valence-corrected chi connectivity index (χ4v) is 2.78. The van der Waals surface area contributed by atoms with E-state index in [1.54, 1.807) is 12.1 Å². The monoisotopic (exact) mass is 348 g/mol. The van der Waals surface area contributed by atoms with E-state index in [1.807, 2.05) is 6.07 Å². The van der Waals surface area contributed by atoms with Gasteiger partial charge in [-0.2, -0.15) is 0 Å². The van der Waals surface area contributed by atoms with Crippen molar-refractivity contribution < 1.29 is 9.18 Å². The summed E-state index contributed by atoms with van der Waals surface area (Å²) in [5, 5.41) is 6.03. The van der Waals surface area contributed by atoms with Crippen molar-refractivity contribution in [3.8, 4) is 0 Å². The van der Waals surface area contributed by atoms with Crippen molar-refractivity contribution in [3.05, 3.63) is 68.9 Å². The lowest BCUT2D eigenvalue weighted by molar-refractivity contribution is 0.0946. The first-order valence-electron chi connectivity index (χ1n) is 6.69. The Hall–Kier alpha value is -1.72. The number of carbonyl (C=O) groups excluding carboxylic acids is 1. The van der Waals surface area contributed by atoms with Crippen LogP contribution < -0.4 is 10.6 Å². The van der Waals surface area contributed by atoms with Crippen LogP contribution in [0, 0.1) is 5.82 Å². The van der Waals surface area contributed by atoms with Crippen LogP contribution in [0.4, 0.5) is 4.39 Å². The highest BCUT2D eigenvalue weighted by Crippen LogP contribution is 2.19. The maximum absolute atomic E-state index is 13.8. The number of benzene rings is 2. The predicted molar refractivity (Wildman–Crippen MR) is 82.3 cm³/mol. The van der Waals surface area contributed by atoms with Crippen LogP contribution in [-0.4, -0.2) is 5.91 Å². The Balaban J connectivity index is 1.70. The molecule has 0 spiro atoms. The summed E-state index contributed by atoms with van der Waals surface area (Å²) < 4.78 is 14.1. The zero-order valence-electron chi connectivity index (χ0n) is 11.2. The topological polar surface area (TPSA) is 41.1 Å². The van der Waals surface area contributed by atoms with E-state index < -0.39 is 11.7 Å². The highest BCUT2D eigenvalue weighted by atomic mass is 79.9. The lowest BCUT2D eigenvalue weighted by Crippen LogP contribution is -2.24. The van der Waals surface area contributed by atoms with Crippen molar-refractivity contribution in [3.63, 3.8) is 0 Å². The number of hydrogen-bond acceptors (Lipinski definition) is 2. The Morgan fingerprint density at radius 2 is 2.05 bits per heavy atom. The molecule has 108 valence electrons. The molecule has 3 rings (SSSR count). The smallest absolute Gasteiger partial charge is 0.254 e. The van der Waals surface area contributed by atoms with E-state index in [2.05, 4.69) is 38.7 Å². The molecule has 5 heteroatoms. The van der Waals surface area contributed by atoms with E-state index >= 15 is 0 Å². The van der Waals surface area contributed by atoms with Gasteiger partial charge in [-0.25, -0.2) is 4.39 Å². The maximum Gasteiger partial charge on any atom is 0.254 e. The minimum Gasteiger partial charge on any atom is -0.348 e. The zero-order valence-corrected chi connectivity index (χ0v) is 12.8. The van der Waals surface area contributed by atoms with Gasteiger partial charge in [0.25, 0.3) is 5.91 Å². The van der Waals surface area contributed by atoms with Gasteiger partial charge in [0.1, 0.15) is 5.82 Å². The minimum absolute atomic E-state index is 0.0483. The molecule has 0 fully saturated rings. The zero-order chi connectivity index (χ0) is 14.8. The van der Waals surface area contributed by atoms with Crippen LogP contribution in [0.15, 0.2) is 40.9 Å². The van der Waals surface area contributed by atoms with E-state index in [0.717, 1.165) is 18.7 Å². The summed E-state index contributed by atoms with van der Waals surface area (Å²) in [6.07, 6.45) is 0. The standard InChI is InChI=1S/C16H14BrFN2O/c17-14-3-1-2-13(15(14)18)16(21)20-7-10-4-5-11-8-19-9-12(11)6-10/h1-6,19H,7-9H2,(H,20,21). The molecule has 1 amide bonds. The van der Waals surface area contributed by atoms with Gasteiger partial charge in [0.2, 0.25) is 0 Å². The molecule has 2 aromatic carbocycles. The van der Waals surface area contributed by atoms with Crippen molar-refractivity contribution >= 4 is 21.8 Å². The molecule has 0 aromatic heterocycles. The molecule has 0 aliphatic carbocycles. The lowest BCUT2D eigenvalue weighted by atomic mass is 10.1. The van der Waals surface area contributed by atoms with Gasteiger partial charge in [0, 0.05) is 19.6 Å². The van der Waals surface area contributed by atoms with Crippen LogP contribution in [0.5, 0.6) is 0 Å².